The fourth-order valence-electron chi connectivity index (χ4n) is 4.86. The molecule has 170 valence electrons. The molecule has 35 heavy (non-hydrogen) atoms. The van der Waals surface area contributed by atoms with Gasteiger partial charge in [-0.3, -0.25) is 0 Å². The summed E-state index contributed by atoms with van der Waals surface area (Å²) in [5, 5.41) is 2.57. The van der Waals surface area contributed by atoms with E-state index in [1.807, 2.05) is 0 Å². The molecular formula is C33H28N2. The SMILES string of the molecule is CC(C)c1ccc2[nH]c3ccc(-c4ccc(N(c5ccccc5)c5ccccc5)cc4)cc3c2c1. The number of para-hydroxylation sites is 2. The zero-order valence-electron chi connectivity index (χ0n) is 20.1. The third kappa shape index (κ3) is 3.98. The average Bonchev–Trinajstić information content (AvgIpc) is 3.28. The molecule has 1 aromatic heterocycles. The topological polar surface area (TPSA) is 19.0 Å². The van der Waals surface area contributed by atoms with Crippen LogP contribution in [0.5, 0.6) is 0 Å². The van der Waals surface area contributed by atoms with Gasteiger partial charge >= 0.3 is 0 Å². The van der Waals surface area contributed by atoms with Gasteiger partial charge in [0.25, 0.3) is 0 Å². The highest BCUT2D eigenvalue weighted by atomic mass is 15.1. The highest BCUT2D eigenvalue weighted by Crippen LogP contribution is 2.36. The molecule has 0 unspecified atom stereocenters. The summed E-state index contributed by atoms with van der Waals surface area (Å²) in [4.78, 5) is 5.87. The van der Waals surface area contributed by atoms with E-state index in [1.54, 1.807) is 0 Å². The van der Waals surface area contributed by atoms with Crippen LogP contribution in [0, 0.1) is 0 Å². The predicted octanol–water partition coefficient (Wildman–Crippen LogP) is 9.58. The summed E-state index contributed by atoms with van der Waals surface area (Å²) >= 11 is 0. The molecule has 0 radical (unpaired) electrons. The minimum atomic E-state index is 0.511. The number of fused-ring (bicyclic) bond motifs is 3. The summed E-state index contributed by atoms with van der Waals surface area (Å²) in [5.74, 6) is 0.511. The van der Waals surface area contributed by atoms with Gasteiger partial charge in [-0.25, -0.2) is 0 Å². The van der Waals surface area contributed by atoms with Crippen molar-refractivity contribution in [2.24, 2.45) is 0 Å². The Morgan fingerprint density at radius 2 is 1.03 bits per heavy atom. The van der Waals surface area contributed by atoms with Crippen LogP contribution in [0.2, 0.25) is 0 Å². The lowest BCUT2D eigenvalue weighted by Gasteiger charge is -2.25. The van der Waals surface area contributed by atoms with E-state index in [-0.39, 0.29) is 0 Å². The Balaban J connectivity index is 1.40. The summed E-state index contributed by atoms with van der Waals surface area (Å²) in [7, 11) is 0. The molecule has 0 saturated carbocycles. The van der Waals surface area contributed by atoms with Gasteiger partial charge < -0.3 is 9.88 Å². The minimum absolute atomic E-state index is 0.511. The monoisotopic (exact) mass is 452 g/mol. The van der Waals surface area contributed by atoms with Gasteiger partial charge in [-0.2, -0.15) is 0 Å². The molecule has 0 atom stereocenters. The second-order valence-electron chi connectivity index (χ2n) is 9.40. The van der Waals surface area contributed by atoms with E-state index in [9.17, 15) is 0 Å². The number of H-pyrrole nitrogens is 1. The lowest BCUT2D eigenvalue weighted by Crippen LogP contribution is -2.09. The molecular weight excluding hydrogens is 424 g/mol. The van der Waals surface area contributed by atoms with Crippen LogP contribution in [-0.4, -0.2) is 4.98 Å². The van der Waals surface area contributed by atoms with Crippen LogP contribution >= 0.6 is 0 Å². The first-order chi connectivity index (χ1) is 17.2. The number of anilines is 3. The van der Waals surface area contributed by atoms with E-state index in [4.69, 9.17) is 0 Å². The molecule has 0 aliphatic rings. The molecule has 6 rings (SSSR count). The normalized spacial score (nSPS) is 11.4. The summed E-state index contributed by atoms with van der Waals surface area (Å²) in [5.41, 5.74) is 9.62. The zero-order chi connectivity index (χ0) is 23.8. The number of aromatic amines is 1. The Bertz CT molecular complexity index is 1550. The van der Waals surface area contributed by atoms with Gasteiger partial charge in [0, 0.05) is 38.9 Å². The summed E-state index contributed by atoms with van der Waals surface area (Å²) in [6.07, 6.45) is 0. The third-order valence-electron chi connectivity index (χ3n) is 6.78. The molecule has 1 heterocycles. The zero-order valence-corrected chi connectivity index (χ0v) is 20.1. The van der Waals surface area contributed by atoms with Crippen LogP contribution in [-0.2, 0) is 0 Å². The van der Waals surface area contributed by atoms with Gasteiger partial charge in [0.2, 0.25) is 0 Å². The quantitative estimate of drug-likeness (QED) is 0.276. The van der Waals surface area contributed by atoms with Gasteiger partial charge in [0.15, 0.2) is 0 Å². The molecule has 5 aromatic carbocycles. The smallest absolute Gasteiger partial charge is 0.0465 e. The van der Waals surface area contributed by atoms with Crippen LogP contribution in [0.4, 0.5) is 17.1 Å². The van der Waals surface area contributed by atoms with E-state index in [0.717, 1.165) is 17.1 Å². The highest BCUT2D eigenvalue weighted by molar-refractivity contribution is 6.08. The van der Waals surface area contributed by atoms with Crippen LogP contribution < -0.4 is 4.90 Å². The van der Waals surface area contributed by atoms with Crippen molar-refractivity contribution in [1.82, 2.24) is 4.98 Å². The largest absolute Gasteiger partial charge is 0.355 e. The molecule has 0 spiro atoms. The first kappa shape index (κ1) is 21.2. The van der Waals surface area contributed by atoms with Gasteiger partial charge in [-0.1, -0.05) is 74.5 Å². The second kappa shape index (κ2) is 8.81. The summed E-state index contributed by atoms with van der Waals surface area (Å²) < 4.78 is 0. The highest BCUT2D eigenvalue weighted by Gasteiger charge is 2.13. The number of nitrogens with one attached hydrogen (secondary N) is 1. The maximum atomic E-state index is 3.58. The lowest BCUT2D eigenvalue weighted by atomic mass is 9.99. The average molecular weight is 453 g/mol. The molecule has 2 heteroatoms. The van der Waals surface area contributed by atoms with E-state index >= 15 is 0 Å². The number of rotatable bonds is 5. The van der Waals surface area contributed by atoms with Crippen molar-refractivity contribution < 1.29 is 0 Å². The van der Waals surface area contributed by atoms with E-state index in [2.05, 4.69) is 145 Å². The Labute approximate surface area is 206 Å². The molecule has 0 bridgehead atoms. The van der Waals surface area contributed by atoms with E-state index in [1.165, 1.54) is 38.5 Å². The third-order valence-corrected chi connectivity index (χ3v) is 6.78. The van der Waals surface area contributed by atoms with Crippen molar-refractivity contribution in [3.63, 3.8) is 0 Å². The Hall–Kier alpha value is -4.30. The molecule has 1 N–H and O–H groups in total. The van der Waals surface area contributed by atoms with Crippen molar-refractivity contribution >= 4 is 38.9 Å². The first-order valence-electron chi connectivity index (χ1n) is 12.2. The fraction of sp³-hybridized carbons (Fsp3) is 0.0909. The van der Waals surface area contributed by atoms with E-state index < -0.39 is 0 Å². The number of nitrogens with zero attached hydrogens (tertiary/aromatic N) is 1. The van der Waals surface area contributed by atoms with Gasteiger partial charge in [-0.15, -0.1) is 0 Å². The number of hydrogen-bond donors (Lipinski definition) is 1. The molecule has 0 amide bonds. The van der Waals surface area contributed by atoms with Crippen molar-refractivity contribution in [3.8, 4) is 11.1 Å². The standard InChI is InChI=1S/C33H28N2/c1-23(2)25-15-19-32-30(21-25)31-22-26(16-20-33(31)34-32)24-13-17-29(18-14-24)35(27-9-5-3-6-10-27)28-11-7-4-8-12-28/h3-23,34H,1-2H3. The number of hydrogen-bond acceptors (Lipinski definition) is 1. The maximum Gasteiger partial charge on any atom is 0.0465 e. The van der Waals surface area contributed by atoms with Crippen molar-refractivity contribution in [3.05, 3.63) is 127 Å². The van der Waals surface area contributed by atoms with Gasteiger partial charge in [-0.05, 0) is 83.3 Å². The van der Waals surface area contributed by atoms with Crippen molar-refractivity contribution in [1.29, 1.82) is 0 Å². The number of aromatic nitrogens is 1. The van der Waals surface area contributed by atoms with Crippen LogP contribution in [0.3, 0.4) is 0 Å². The Morgan fingerprint density at radius 1 is 0.514 bits per heavy atom. The summed E-state index contributed by atoms with van der Waals surface area (Å²) in [6, 6.07) is 43.4. The second-order valence-corrected chi connectivity index (χ2v) is 9.40. The van der Waals surface area contributed by atoms with Gasteiger partial charge in [0.1, 0.15) is 0 Å². The Morgan fingerprint density at radius 3 is 1.63 bits per heavy atom. The molecule has 0 fully saturated rings. The molecule has 0 saturated heterocycles. The fourth-order valence-corrected chi connectivity index (χ4v) is 4.86. The van der Waals surface area contributed by atoms with Crippen LogP contribution in [0.1, 0.15) is 25.3 Å². The molecule has 0 aliphatic heterocycles. The maximum absolute atomic E-state index is 3.58. The first-order valence-corrected chi connectivity index (χ1v) is 12.2. The number of benzene rings is 5. The lowest BCUT2D eigenvalue weighted by molar-refractivity contribution is 0.869. The van der Waals surface area contributed by atoms with Crippen LogP contribution in [0.25, 0.3) is 32.9 Å². The predicted molar refractivity (Wildman–Crippen MR) is 150 cm³/mol. The van der Waals surface area contributed by atoms with E-state index in [0.29, 0.717) is 5.92 Å². The van der Waals surface area contributed by atoms with Crippen molar-refractivity contribution in [2.75, 3.05) is 4.90 Å². The minimum Gasteiger partial charge on any atom is -0.355 e. The molecule has 6 aromatic rings. The van der Waals surface area contributed by atoms with Crippen LogP contribution in [0.15, 0.2) is 121 Å². The summed E-state index contributed by atoms with van der Waals surface area (Å²) in [6.45, 7) is 4.49. The molecule has 0 aliphatic carbocycles. The Kier molecular flexibility index (Phi) is 5.35. The van der Waals surface area contributed by atoms with Gasteiger partial charge in [0.05, 0.1) is 0 Å². The molecule has 2 nitrogen and oxygen atoms in total. The van der Waals surface area contributed by atoms with Crippen molar-refractivity contribution in [2.45, 2.75) is 19.8 Å².